The molecule has 0 radical (unpaired) electrons. The number of benzene rings is 1. The molecule has 3 amide bonds. The predicted octanol–water partition coefficient (Wildman–Crippen LogP) is -0.114. The van der Waals surface area contributed by atoms with E-state index < -0.39 is 6.04 Å². The van der Waals surface area contributed by atoms with Gasteiger partial charge in [0.25, 0.3) is 5.91 Å². The van der Waals surface area contributed by atoms with Crippen LogP contribution < -0.4 is 16.4 Å². The topological polar surface area (TPSA) is 105 Å². The number of nitrogens with two attached hydrogens (primary N) is 1. The molecule has 1 aromatic rings. The van der Waals surface area contributed by atoms with Crippen LogP contribution in [-0.2, 0) is 22.7 Å². The third-order valence-electron chi connectivity index (χ3n) is 4.48. The molecule has 7 nitrogen and oxygen atoms in total. The maximum Gasteiger partial charge on any atom is 0.255 e. The first kappa shape index (κ1) is 16.6. The molecule has 24 heavy (non-hydrogen) atoms. The SMILES string of the molecule is NCCCNCc1ccc2c(c1)C(=O)N(C1CCC(=O)NC1=O)C2. The van der Waals surface area contributed by atoms with Gasteiger partial charge in [0.2, 0.25) is 11.8 Å². The van der Waals surface area contributed by atoms with E-state index >= 15 is 0 Å². The number of rotatable bonds is 6. The Morgan fingerprint density at radius 1 is 1.29 bits per heavy atom. The standard InChI is InChI=1S/C17H22N4O3/c18-6-1-7-19-9-11-2-3-12-10-21(17(24)13(12)8-11)14-4-5-15(22)20-16(14)23/h2-3,8,14,19H,1,4-7,9-10,18H2,(H,20,22,23). The maximum atomic E-state index is 12.7. The largest absolute Gasteiger partial charge is 0.330 e. The van der Waals surface area contributed by atoms with Crippen LogP contribution in [0.3, 0.4) is 0 Å². The van der Waals surface area contributed by atoms with Crippen LogP contribution in [0.4, 0.5) is 0 Å². The molecule has 0 aromatic heterocycles. The summed E-state index contributed by atoms with van der Waals surface area (Å²) in [5.41, 5.74) is 8.07. The average Bonchev–Trinajstić information content (AvgIpc) is 2.88. The second kappa shape index (κ2) is 7.11. The molecule has 1 aromatic carbocycles. The third kappa shape index (κ3) is 3.32. The number of nitrogens with one attached hydrogen (secondary N) is 2. The van der Waals surface area contributed by atoms with Crippen molar-refractivity contribution in [1.29, 1.82) is 0 Å². The van der Waals surface area contributed by atoms with Gasteiger partial charge in [-0.05, 0) is 43.1 Å². The van der Waals surface area contributed by atoms with Gasteiger partial charge in [0.1, 0.15) is 6.04 Å². The van der Waals surface area contributed by atoms with E-state index in [2.05, 4.69) is 10.6 Å². The van der Waals surface area contributed by atoms with Crippen molar-refractivity contribution in [2.75, 3.05) is 13.1 Å². The van der Waals surface area contributed by atoms with E-state index in [1.807, 2.05) is 18.2 Å². The minimum Gasteiger partial charge on any atom is -0.330 e. The summed E-state index contributed by atoms with van der Waals surface area (Å²) in [6.07, 6.45) is 1.57. The quantitative estimate of drug-likeness (QED) is 0.498. The van der Waals surface area contributed by atoms with Gasteiger partial charge in [0, 0.05) is 25.1 Å². The van der Waals surface area contributed by atoms with Crippen LogP contribution in [0.15, 0.2) is 18.2 Å². The fourth-order valence-electron chi connectivity index (χ4n) is 3.17. The van der Waals surface area contributed by atoms with Gasteiger partial charge in [0.15, 0.2) is 0 Å². The van der Waals surface area contributed by atoms with Crippen LogP contribution in [0.5, 0.6) is 0 Å². The number of nitrogens with zero attached hydrogens (tertiary/aromatic N) is 1. The first-order chi connectivity index (χ1) is 11.6. The number of hydrogen-bond acceptors (Lipinski definition) is 5. The van der Waals surface area contributed by atoms with E-state index in [1.54, 1.807) is 4.90 Å². The molecule has 0 spiro atoms. The molecule has 1 atom stereocenters. The summed E-state index contributed by atoms with van der Waals surface area (Å²) in [4.78, 5) is 37.5. The van der Waals surface area contributed by atoms with E-state index in [4.69, 9.17) is 5.73 Å². The summed E-state index contributed by atoms with van der Waals surface area (Å²) in [5, 5.41) is 5.60. The van der Waals surface area contributed by atoms with Gasteiger partial charge >= 0.3 is 0 Å². The van der Waals surface area contributed by atoms with E-state index in [0.29, 0.717) is 31.6 Å². The van der Waals surface area contributed by atoms with Gasteiger partial charge in [0.05, 0.1) is 0 Å². The maximum absolute atomic E-state index is 12.7. The lowest BCUT2D eigenvalue weighted by Gasteiger charge is -2.29. The highest BCUT2D eigenvalue weighted by molar-refractivity contribution is 6.05. The number of carbonyl (C=O) groups excluding carboxylic acids is 3. The Labute approximate surface area is 140 Å². The fourth-order valence-corrected chi connectivity index (χ4v) is 3.17. The van der Waals surface area contributed by atoms with E-state index in [-0.39, 0.29) is 24.1 Å². The smallest absolute Gasteiger partial charge is 0.255 e. The van der Waals surface area contributed by atoms with Crippen molar-refractivity contribution < 1.29 is 14.4 Å². The molecule has 4 N–H and O–H groups in total. The molecule has 1 fully saturated rings. The summed E-state index contributed by atoms with van der Waals surface area (Å²) >= 11 is 0. The fraction of sp³-hybridized carbons (Fsp3) is 0.471. The first-order valence-corrected chi connectivity index (χ1v) is 8.27. The van der Waals surface area contributed by atoms with Gasteiger partial charge in [-0.15, -0.1) is 0 Å². The highest BCUT2D eigenvalue weighted by Gasteiger charge is 2.38. The van der Waals surface area contributed by atoms with Crippen LogP contribution >= 0.6 is 0 Å². The predicted molar refractivity (Wildman–Crippen MR) is 87.9 cm³/mol. The second-order valence-corrected chi connectivity index (χ2v) is 6.21. The molecule has 1 unspecified atom stereocenters. The van der Waals surface area contributed by atoms with Crippen molar-refractivity contribution in [2.24, 2.45) is 5.73 Å². The lowest BCUT2D eigenvalue weighted by molar-refractivity contribution is -0.136. The van der Waals surface area contributed by atoms with Crippen molar-refractivity contribution in [1.82, 2.24) is 15.5 Å². The molecule has 7 heteroatoms. The molecule has 0 bridgehead atoms. The lowest BCUT2D eigenvalue weighted by Crippen LogP contribution is -2.52. The third-order valence-corrected chi connectivity index (χ3v) is 4.48. The Morgan fingerprint density at radius 3 is 2.88 bits per heavy atom. The Balaban J connectivity index is 1.69. The normalized spacial score (nSPS) is 20.3. The molecule has 3 rings (SSSR count). The molecule has 128 valence electrons. The zero-order chi connectivity index (χ0) is 17.1. The Hall–Kier alpha value is -2.25. The van der Waals surface area contributed by atoms with Crippen molar-refractivity contribution in [3.8, 4) is 0 Å². The van der Waals surface area contributed by atoms with Crippen LogP contribution in [0.25, 0.3) is 0 Å². The minimum atomic E-state index is -0.561. The van der Waals surface area contributed by atoms with E-state index in [9.17, 15) is 14.4 Å². The van der Waals surface area contributed by atoms with Crippen LogP contribution in [0.1, 0.15) is 40.7 Å². The second-order valence-electron chi connectivity index (χ2n) is 6.21. The van der Waals surface area contributed by atoms with Crippen molar-refractivity contribution >= 4 is 17.7 Å². The number of fused-ring (bicyclic) bond motifs is 1. The first-order valence-electron chi connectivity index (χ1n) is 8.27. The van der Waals surface area contributed by atoms with Crippen molar-refractivity contribution in [3.05, 3.63) is 34.9 Å². The highest BCUT2D eigenvalue weighted by Crippen LogP contribution is 2.28. The molecular weight excluding hydrogens is 308 g/mol. The van der Waals surface area contributed by atoms with Gasteiger partial charge < -0.3 is 16.0 Å². The highest BCUT2D eigenvalue weighted by atomic mass is 16.2. The lowest BCUT2D eigenvalue weighted by atomic mass is 10.0. The van der Waals surface area contributed by atoms with Crippen LogP contribution in [-0.4, -0.2) is 41.8 Å². The van der Waals surface area contributed by atoms with Gasteiger partial charge in [-0.2, -0.15) is 0 Å². The summed E-state index contributed by atoms with van der Waals surface area (Å²) in [7, 11) is 0. The summed E-state index contributed by atoms with van der Waals surface area (Å²) < 4.78 is 0. The molecule has 1 saturated heterocycles. The molecule has 0 saturated carbocycles. The minimum absolute atomic E-state index is 0.136. The molecule has 0 aliphatic carbocycles. The zero-order valence-electron chi connectivity index (χ0n) is 13.5. The average molecular weight is 330 g/mol. The van der Waals surface area contributed by atoms with Gasteiger partial charge in [-0.1, -0.05) is 12.1 Å². The zero-order valence-corrected chi connectivity index (χ0v) is 13.5. The number of hydrogen-bond donors (Lipinski definition) is 3. The van der Waals surface area contributed by atoms with Crippen LogP contribution in [0.2, 0.25) is 0 Å². The molecule has 2 aliphatic rings. The molecule has 2 aliphatic heterocycles. The van der Waals surface area contributed by atoms with Crippen LogP contribution in [0, 0.1) is 0 Å². The van der Waals surface area contributed by atoms with Crippen molar-refractivity contribution in [3.63, 3.8) is 0 Å². The number of carbonyl (C=O) groups is 3. The van der Waals surface area contributed by atoms with Gasteiger partial charge in [-0.25, -0.2) is 0 Å². The van der Waals surface area contributed by atoms with Crippen molar-refractivity contribution in [2.45, 2.75) is 38.4 Å². The number of amides is 3. The Kier molecular flexibility index (Phi) is 4.92. The number of imide groups is 1. The Morgan fingerprint density at radius 2 is 2.12 bits per heavy atom. The summed E-state index contributed by atoms with van der Waals surface area (Å²) in [5.74, 6) is -0.786. The molecular formula is C17H22N4O3. The number of piperidine rings is 1. The van der Waals surface area contributed by atoms with E-state index in [0.717, 1.165) is 24.1 Å². The molecule has 2 heterocycles. The summed E-state index contributed by atoms with van der Waals surface area (Å²) in [6.45, 7) is 2.58. The van der Waals surface area contributed by atoms with E-state index in [1.165, 1.54) is 0 Å². The monoisotopic (exact) mass is 330 g/mol. The van der Waals surface area contributed by atoms with Gasteiger partial charge in [-0.3, -0.25) is 19.7 Å². The Bertz CT molecular complexity index is 674. The summed E-state index contributed by atoms with van der Waals surface area (Å²) in [6, 6.07) is 5.27.